The van der Waals surface area contributed by atoms with Crippen molar-refractivity contribution in [3.8, 4) is 0 Å². The summed E-state index contributed by atoms with van der Waals surface area (Å²) < 4.78 is 0. The highest BCUT2D eigenvalue weighted by Gasteiger charge is 2.01. The summed E-state index contributed by atoms with van der Waals surface area (Å²) in [7, 11) is 0.949. The molecule has 3 heteroatoms. The van der Waals surface area contributed by atoms with Crippen LogP contribution >= 0.6 is 11.8 Å². The van der Waals surface area contributed by atoms with Crippen LogP contribution in [0.5, 0.6) is 0 Å². The number of nitrogens with two attached hydrogens (primary N) is 1. The first kappa shape index (κ1) is 12.8. The second-order valence-corrected chi connectivity index (χ2v) is 6.19. The molecule has 0 amide bonds. The minimum atomic E-state index is 0.803. The molecule has 0 saturated carbocycles. The third kappa shape index (κ3) is 4.41. The van der Waals surface area contributed by atoms with E-state index in [1.807, 2.05) is 11.8 Å². The third-order valence-electron chi connectivity index (χ3n) is 2.43. The maximum Gasteiger partial charge on any atom is 0.0820 e. The molecule has 1 aromatic carbocycles. The number of hydrogen-bond donors (Lipinski definition) is 1. The molecular formula is C12H19NSSi. The van der Waals surface area contributed by atoms with Crippen molar-refractivity contribution in [2.45, 2.75) is 19.9 Å². The van der Waals surface area contributed by atoms with Gasteiger partial charge in [-0.15, -0.1) is 0 Å². The van der Waals surface area contributed by atoms with Gasteiger partial charge in [0.1, 0.15) is 0 Å². The van der Waals surface area contributed by atoms with Gasteiger partial charge in [-0.2, -0.15) is 11.8 Å². The van der Waals surface area contributed by atoms with E-state index < -0.39 is 0 Å². The Morgan fingerprint density at radius 2 is 2.07 bits per heavy atom. The smallest absolute Gasteiger partial charge is 0.0820 e. The predicted octanol–water partition coefficient (Wildman–Crippen LogP) is 1.74. The van der Waals surface area contributed by atoms with E-state index in [4.69, 9.17) is 5.73 Å². The van der Waals surface area contributed by atoms with Gasteiger partial charge in [0.2, 0.25) is 0 Å². The minimum Gasteiger partial charge on any atom is -0.330 e. The molecule has 1 rings (SSSR count). The highest BCUT2D eigenvalue weighted by molar-refractivity contribution is 7.99. The molecule has 15 heavy (non-hydrogen) atoms. The molecule has 0 aromatic heterocycles. The molecule has 0 heterocycles. The summed E-state index contributed by atoms with van der Waals surface area (Å²) >= 11 is 1.96. The molecule has 1 aromatic rings. The van der Waals surface area contributed by atoms with Gasteiger partial charge in [0.15, 0.2) is 0 Å². The Bertz CT molecular complexity index is 302. The summed E-state index contributed by atoms with van der Waals surface area (Å²) in [5.74, 6) is 2.33. The van der Waals surface area contributed by atoms with Crippen molar-refractivity contribution in [3.63, 3.8) is 0 Å². The van der Waals surface area contributed by atoms with Gasteiger partial charge in [-0.3, -0.25) is 0 Å². The standard InChI is InChI=1S/C12H19NSSi/c1-10-4-3-5-12(11(10)2)15-9-8-14-7-6-13/h3-5H,6-9,13H2,1-2H3. The molecule has 0 bridgehead atoms. The Morgan fingerprint density at radius 3 is 2.80 bits per heavy atom. The Balaban J connectivity index is 2.34. The number of hydrogen-bond acceptors (Lipinski definition) is 2. The van der Waals surface area contributed by atoms with Crippen molar-refractivity contribution in [2.24, 2.45) is 5.73 Å². The zero-order valence-electron chi connectivity index (χ0n) is 9.55. The largest absolute Gasteiger partial charge is 0.330 e. The van der Waals surface area contributed by atoms with Crippen molar-refractivity contribution in [2.75, 3.05) is 18.1 Å². The Morgan fingerprint density at radius 1 is 1.27 bits per heavy atom. The molecule has 0 unspecified atom stereocenters. The zero-order valence-corrected chi connectivity index (χ0v) is 11.4. The molecule has 0 atom stereocenters. The van der Waals surface area contributed by atoms with Crippen LogP contribution in [0.25, 0.3) is 0 Å². The molecule has 82 valence electrons. The molecule has 0 aliphatic carbocycles. The van der Waals surface area contributed by atoms with Crippen molar-refractivity contribution in [1.82, 2.24) is 0 Å². The highest BCUT2D eigenvalue weighted by atomic mass is 32.2. The Hall–Kier alpha value is -0.253. The normalized spacial score (nSPS) is 10.6. The van der Waals surface area contributed by atoms with Crippen LogP contribution in [-0.4, -0.2) is 27.6 Å². The van der Waals surface area contributed by atoms with Crippen LogP contribution in [-0.2, 0) is 0 Å². The zero-order chi connectivity index (χ0) is 11.1. The van der Waals surface area contributed by atoms with Gasteiger partial charge in [-0.25, -0.2) is 0 Å². The lowest BCUT2D eigenvalue weighted by molar-refractivity contribution is 1.15. The lowest BCUT2D eigenvalue weighted by Gasteiger charge is -2.07. The van der Waals surface area contributed by atoms with Crippen LogP contribution in [0.3, 0.4) is 0 Å². The molecule has 0 saturated heterocycles. The monoisotopic (exact) mass is 237 g/mol. The first-order chi connectivity index (χ1) is 7.25. The Labute approximate surface area is 99.7 Å². The molecule has 0 spiro atoms. The van der Waals surface area contributed by atoms with E-state index in [2.05, 4.69) is 32.0 Å². The van der Waals surface area contributed by atoms with Crippen LogP contribution in [0.4, 0.5) is 0 Å². The molecule has 0 aliphatic heterocycles. The molecule has 2 radical (unpaired) electrons. The molecule has 1 nitrogen and oxygen atoms in total. The number of thioether (sulfide) groups is 1. The molecule has 2 N–H and O–H groups in total. The fourth-order valence-corrected chi connectivity index (χ4v) is 3.69. The van der Waals surface area contributed by atoms with Gasteiger partial charge in [0.25, 0.3) is 0 Å². The Kier molecular flexibility index (Phi) is 6.06. The van der Waals surface area contributed by atoms with Gasteiger partial charge >= 0.3 is 0 Å². The summed E-state index contributed by atoms with van der Waals surface area (Å²) in [5, 5.41) is 1.53. The summed E-state index contributed by atoms with van der Waals surface area (Å²) in [6, 6.07) is 7.90. The summed E-state index contributed by atoms with van der Waals surface area (Å²) in [6.45, 7) is 5.22. The second-order valence-electron chi connectivity index (χ2n) is 3.58. The van der Waals surface area contributed by atoms with Crippen LogP contribution < -0.4 is 10.9 Å². The van der Waals surface area contributed by atoms with Gasteiger partial charge in [0.05, 0.1) is 9.52 Å². The van der Waals surface area contributed by atoms with Gasteiger partial charge < -0.3 is 5.73 Å². The average Bonchev–Trinajstić information content (AvgIpc) is 2.24. The van der Waals surface area contributed by atoms with Gasteiger partial charge in [0, 0.05) is 12.3 Å². The van der Waals surface area contributed by atoms with E-state index in [0.717, 1.165) is 21.8 Å². The van der Waals surface area contributed by atoms with E-state index in [-0.39, 0.29) is 0 Å². The number of aryl methyl sites for hydroxylation is 1. The van der Waals surface area contributed by atoms with E-state index in [0.29, 0.717) is 0 Å². The van der Waals surface area contributed by atoms with E-state index in [9.17, 15) is 0 Å². The maximum absolute atomic E-state index is 5.45. The van der Waals surface area contributed by atoms with Crippen LogP contribution in [0.15, 0.2) is 18.2 Å². The van der Waals surface area contributed by atoms with Crippen LogP contribution in [0.2, 0.25) is 6.04 Å². The summed E-state index contributed by atoms with van der Waals surface area (Å²) in [4.78, 5) is 0. The van der Waals surface area contributed by atoms with Crippen molar-refractivity contribution in [3.05, 3.63) is 29.3 Å². The fourth-order valence-electron chi connectivity index (χ4n) is 1.39. The maximum atomic E-state index is 5.45. The summed E-state index contributed by atoms with van der Waals surface area (Å²) in [5.41, 5.74) is 8.33. The first-order valence-corrected chi connectivity index (χ1v) is 7.69. The van der Waals surface area contributed by atoms with Gasteiger partial charge in [-0.1, -0.05) is 23.4 Å². The molecule has 0 aliphatic rings. The SMILES string of the molecule is Cc1cccc([Si]CCSCCN)c1C. The van der Waals surface area contributed by atoms with E-state index in [1.165, 1.54) is 28.1 Å². The number of benzene rings is 1. The van der Waals surface area contributed by atoms with E-state index >= 15 is 0 Å². The highest BCUT2D eigenvalue weighted by Crippen LogP contribution is 2.04. The molecular weight excluding hydrogens is 218 g/mol. The lowest BCUT2D eigenvalue weighted by atomic mass is 10.1. The quantitative estimate of drug-likeness (QED) is 0.602. The number of rotatable bonds is 6. The van der Waals surface area contributed by atoms with Crippen molar-refractivity contribution in [1.29, 1.82) is 0 Å². The topological polar surface area (TPSA) is 26.0 Å². The third-order valence-corrected chi connectivity index (χ3v) is 5.23. The second kappa shape index (κ2) is 7.09. The van der Waals surface area contributed by atoms with Gasteiger partial charge in [-0.05, 0) is 36.8 Å². The van der Waals surface area contributed by atoms with Crippen LogP contribution in [0.1, 0.15) is 11.1 Å². The fraction of sp³-hybridized carbons (Fsp3) is 0.500. The predicted molar refractivity (Wildman–Crippen MR) is 72.5 cm³/mol. The van der Waals surface area contributed by atoms with Crippen LogP contribution in [0, 0.1) is 13.8 Å². The van der Waals surface area contributed by atoms with Crippen molar-refractivity contribution < 1.29 is 0 Å². The summed E-state index contributed by atoms with van der Waals surface area (Å²) in [6.07, 6.45) is 0. The lowest BCUT2D eigenvalue weighted by Crippen LogP contribution is -2.18. The first-order valence-electron chi connectivity index (χ1n) is 5.33. The minimum absolute atomic E-state index is 0.803. The van der Waals surface area contributed by atoms with E-state index in [1.54, 1.807) is 0 Å². The van der Waals surface area contributed by atoms with Crippen molar-refractivity contribution >= 4 is 26.5 Å². The average molecular weight is 237 g/mol. The molecule has 0 fully saturated rings.